The Bertz CT molecular complexity index is 665. The Morgan fingerprint density at radius 2 is 1.79 bits per heavy atom. The summed E-state index contributed by atoms with van der Waals surface area (Å²) in [6.45, 7) is 2.54. The Labute approximate surface area is 160 Å². The number of carbonyl (C=O) groups excluding carboxylic acids is 1. The standard InChI is InChI=1S/C19H24F5NO3/c1-5-27-15-10-13(6-8-14(15)28-17(20)21)7-9-16(26)25(11-18(2,3)4)12-19(22,23)24/h6-10,17H,5,11-12H2,1-4H3/b9-7+. The highest BCUT2D eigenvalue weighted by atomic mass is 19.4. The van der Waals surface area contributed by atoms with Crippen molar-refractivity contribution in [3.63, 3.8) is 0 Å². The van der Waals surface area contributed by atoms with Gasteiger partial charge in [0.05, 0.1) is 6.61 Å². The number of rotatable bonds is 8. The van der Waals surface area contributed by atoms with Gasteiger partial charge < -0.3 is 14.4 Å². The normalized spacial score (nSPS) is 12.5. The molecule has 0 N–H and O–H groups in total. The van der Waals surface area contributed by atoms with E-state index in [4.69, 9.17) is 4.74 Å². The lowest BCUT2D eigenvalue weighted by Gasteiger charge is -2.29. The molecule has 0 spiro atoms. The predicted octanol–water partition coefficient (Wildman–Crippen LogP) is 5.14. The number of ether oxygens (including phenoxy) is 2. The smallest absolute Gasteiger partial charge is 0.406 e. The molecular weight excluding hydrogens is 385 g/mol. The maximum Gasteiger partial charge on any atom is 0.406 e. The van der Waals surface area contributed by atoms with Crippen molar-refractivity contribution in [1.82, 2.24) is 4.90 Å². The van der Waals surface area contributed by atoms with Gasteiger partial charge >= 0.3 is 12.8 Å². The second-order valence-electron chi connectivity index (χ2n) is 7.22. The fourth-order valence-corrected chi connectivity index (χ4v) is 2.36. The van der Waals surface area contributed by atoms with Crippen molar-refractivity contribution in [2.75, 3.05) is 19.7 Å². The van der Waals surface area contributed by atoms with Gasteiger partial charge in [-0.25, -0.2) is 0 Å². The van der Waals surface area contributed by atoms with Gasteiger partial charge in [-0.1, -0.05) is 26.8 Å². The van der Waals surface area contributed by atoms with Crippen LogP contribution in [0.1, 0.15) is 33.3 Å². The van der Waals surface area contributed by atoms with Gasteiger partial charge in [-0.2, -0.15) is 22.0 Å². The van der Waals surface area contributed by atoms with E-state index in [2.05, 4.69) is 4.74 Å². The summed E-state index contributed by atoms with van der Waals surface area (Å²) < 4.78 is 72.8. The quantitative estimate of drug-likeness (QED) is 0.441. The predicted molar refractivity (Wildman–Crippen MR) is 95.4 cm³/mol. The van der Waals surface area contributed by atoms with Gasteiger partial charge in [0, 0.05) is 12.6 Å². The minimum Gasteiger partial charge on any atom is -0.490 e. The SMILES string of the molecule is CCOc1cc(/C=C/C(=O)N(CC(C)(C)C)CC(F)(F)F)ccc1OC(F)F. The number of carbonyl (C=O) groups is 1. The number of benzene rings is 1. The molecule has 0 unspecified atom stereocenters. The summed E-state index contributed by atoms with van der Waals surface area (Å²) in [5.41, 5.74) is -0.133. The molecule has 0 bridgehead atoms. The van der Waals surface area contributed by atoms with Gasteiger partial charge in [-0.15, -0.1) is 0 Å². The number of hydrogen-bond acceptors (Lipinski definition) is 3. The first kappa shape index (κ1) is 23.7. The monoisotopic (exact) mass is 409 g/mol. The van der Waals surface area contributed by atoms with Gasteiger partial charge in [0.1, 0.15) is 6.54 Å². The zero-order chi connectivity index (χ0) is 21.5. The second-order valence-corrected chi connectivity index (χ2v) is 7.22. The van der Waals surface area contributed by atoms with Crippen LogP contribution in [0.2, 0.25) is 0 Å². The molecule has 158 valence electrons. The van der Waals surface area contributed by atoms with E-state index in [9.17, 15) is 26.7 Å². The number of halogens is 5. The molecule has 9 heteroatoms. The van der Waals surface area contributed by atoms with Crippen LogP contribution in [0.4, 0.5) is 22.0 Å². The van der Waals surface area contributed by atoms with E-state index < -0.39 is 30.7 Å². The molecule has 1 amide bonds. The maximum absolute atomic E-state index is 12.8. The van der Waals surface area contributed by atoms with E-state index >= 15 is 0 Å². The lowest BCUT2D eigenvalue weighted by atomic mass is 9.96. The average molecular weight is 409 g/mol. The summed E-state index contributed by atoms with van der Waals surface area (Å²) in [6, 6.07) is 3.99. The Morgan fingerprint density at radius 3 is 2.29 bits per heavy atom. The topological polar surface area (TPSA) is 38.8 Å². The van der Waals surface area contributed by atoms with Gasteiger partial charge in [0.15, 0.2) is 11.5 Å². The number of amides is 1. The zero-order valence-electron chi connectivity index (χ0n) is 16.1. The van der Waals surface area contributed by atoms with E-state index in [1.54, 1.807) is 27.7 Å². The summed E-state index contributed by atoms with van der Waals surface area (Å²) >= 11 is 0. The first-order valence-electron chi connectivity index (χ1n) is 8.56. The molecule has 1 aromatic carbocycles. The van der Waals surface area contributed by atoms with Gasteiger partial charge in [-0.05, 0) is 36.1 Å². The van der Waals surface area contributed by atoms with E-state index in [1.165, 1.54) is 24.3 Å². The van der Waals surface area contributed by atoms with E-state index in [-0.39, 0.29) is 24.7 Å². The third kappa shape index (κ3) is 9.05. The molecule has 0 saturated heterocycles. The third-order valence-electron chi connectivity index (χ3n) is 3.25. The van der Waals surface area contributed by atoms with Crippen molar-refractivity contribution >= 4 is 12.0 Å². The molecule has 0 aromatic heterocycles. The van der Waals surface area contributed by atoms with Crippen LogP contribution in [0.3, 0.4) is 0 Å². The van der Waals surface area contributed by atoms with E-state index in [0.717, 1.165) is 6.08 Å². The van der Waals surface area contributed by atoms with E-state index in [1.807, 2.05) is 0 Å². The number of nitrogens with zero attached hydrogens (tertiary/aromatic N) is 1. The van der Waals surface area contributed by atoms with Crippen LogP contribution in [-0.4, -0.2) is 43.3 Å². The Kier molecular flexibility index (Phi) is 8.26. The fraction of sp³-hybridized carbons (Fsp3) is 0.526. The lowest BCUT2D eigenvalue weighted by molar-refractivity contribution is -0.160. The lowest BCUT2D eigenvalue weighted by Crippen LogP contribution is -2.42. The molecule has 1 rings (SSSR count). The van der Waals surface area contributed by atoms with Crippen LogP contribution in [0.25, 0.3) is 6.08 Å². The van der Waals surface area contributed by atoms with Crippen LogP contribution in [0, 0.1) is 5.41 Å². The molecule has 0 heterocycles. The Balaban J connectivity index is 3.02. The number of alkyl halides is 5. The summed E-state index contributed by atoms with van der Waals surface area (Å²) in [5.74, 6) is -0.941. The van der Waals surface area contributed by atoms with Crippen LogP contribution in [0.15, 0.2) is 24.3 Å². The van der Waals surface area contributed by atoms with Crippen molar-refractivity contribution in [3.05, 3.63) is 29.8 Å². The van der Waals surface area contributed by atoms with Crippen molar-refractivity contribution in [3.8, 4) is 11.5 Å². The first-order chi connectivity index (χ1) is 12.8. The minimum absolute atomic E-state index is 0.0410. The highest BCUT2D eigenvalue weighted by Crippen LogP contribution is 2.30. The van der Waals surface area contributed by atoms with E-state index in [0.29, 0.717) is 10.5 Å². The fourth-order valence-electron chi connectivity index (χ4n) is 2.36. The molecule has 0 aliphatic carbocycles. The second kappa shape index (κ2) is 9.75. The Morgan fingerprint density at radius 1 is 1.14 bits per heavy atom. The molecule has 0 aliphatic heterocycles. The molecule has 0 atom stereocenters. The van der Waals surface area contributed by atoms with Crippen molar-refractivity contribution in [2.24, 2.45) is 5.41 Å². The van der Waals surface area contributed by atoms with Crippen LogP contribution >= 0.6 is 0 Å². The first-order valence-corrected chi connectivity index (χ1v) is 8.56. The van der Waals surface area contributed by atoms with Gasteiger partial charge in [-0.3, -0.25) is 4.79 Å². The summed E-state index contributed by atoms with van der Waals surface area (Å²) in [4.78, 5) is 13.0. The third-order valence-corrected chi connectivity index (χ3v) is 3.25. The molecule has 4 nitrogen and oxygen atoms in total. The summed E-state index contributed by atoms with van der Waals surface area (Å²) in [7, 11) is 0. The maximum atomic E-state index is 12.8. The highest BCUT2D eigenvalue weighted by molar-refractivity contribution is 5.92. The van der Waals surface area contributed by atoms with Crippen molar-refractivity contribution in [1.29, 1.82) is 0 Å². The molecule has 0 fully saturated rings. The highest BCUT2D eigenvalue weighted by Gasteiger charge is 2.34. The van der Waals surface area contributed by atoms with Crippen molar-refractivity contribution in [2.45, 2.75) is 40.5 Å². The van der Waals surface area contributed by atoms with Crippen LogP contribution < -0.4 is 9.47 Å². The van der Waals surface area contributed by atoms with Crippen molar-refractivity contribution < 1.29 is 36.2 Å². The van der Waals surface area contributed by atoms with Crippen LogP contribution in [-0.2, 0) is 4.79 Å². The molecule has 0 radical (unpaired) electrons. The van der Waals surface area contributed by atoms with Gasteiger partial charge in [0.2, 0.25) is 5.91 Å². The molecule has 28 heavy (non-hydrogen) atoms. The summed E-state index contributed by atoms with van der Waals surface area (Å²) in [6.07, 6.45) is -2.22. The molecule has 0 aliphatic rings. The number of hydrogen-bond donors (Lipinski definition) is 0. The van der Waals surface area contributed by atoms with Crippen LogP contribution in [0.5, 0.6) is 11.5 Å². The average Bonchev–Trinajstić information content (AvgIpc) is 2.51. The minimum atomic E-state index is -4.52. The Hall–Kier alpha value is -2.32. The molecule has 0 saturated carbocycles. The molecular formula is C19H24F5NO3. The zero-order valence-corrected chi connectivity index (χ0v) is 16.1. The largest absolute Gasteiger partial charge is 0.490 e. The van der Waals surface area contributed by atoms with Gasteiger partial charge in [0.25, 0.3) is 0 Å². The summed E-state index contributed by atoms with van der Waals surface area (Å²) in [5, 5.41) is 0. The molecule has 1 aromatic rings.